The molecule has 0 fully saturated rings. The van der Waals surface area contributed by atoms with Crippen LogP contribution in [0.15, 0.2) is 6.33 Å². The van der Waals surface area contributed by atoms with Gasteiger partial charge in [0.15, 0.2) is 5.82 Å². The van der Waals surface area contributed by atoms with Crippen molar-refractivity contribution < 1.29 is 9.47 Å². The highest BCUT2D eigenvalue weighted by Gasteiger charge is 1.99. The lowest BCUT2D eigenvalue weighted by atomic mass is 10.5. The van der Waals surface area contributed by atoms with E-state index in [1.165, 1.54) is 0 Å². The highest BCUT2D eigenvalue weighted by atomic mass is 16.5. The molecular formula is C11H22N4O2. The Kier molecular flexibility index (Phi) is 7.53. The molecule has 0 spiro atoms. The Hall–Kier alpha value is -0.980. The van der Waals surface area contributed by atoms with E-state index in [4.69, 9.17) is 9.47 Å². The number of nitrogens with zero attached hydrogens (tertiary/aromatic N) is 3. The van der Waals surface area contributed by atoms with Crippen LogP contribution in [0.1, 0.15) is 19.2 Å². The highest BCUT2D eigenvalue weighted by Crippen LogP contribution is 1.90. The molecule has 0 radical (unpaired) electrons. The molecule has 0 atom stereocenters. The molecule has 98 valence electrons. The molecule has 0 aromatic carbocycles. The average Bonchev–Trinajstić information content (AvgIpc) is 2.78. The van der Waals surface area contributed by atoms with Gasteiger partial charge < -0.3 is 14.8 Å². The van der Waals surface area contributed by atoms with Crippen LogP contribution in [-0.4, -0.2) is 48.2 Å². The maximum Gasteiger partial charge on any atom is 0.164 e. The van der Waals surface area contributed by atoms with Crippen LogP contribution in [0.3, 0.4) is 0 Å². The zero-order valence-corrected chi connectivity index (χ0v) is 10.7. The summed E-state index contributed by atoms with van der Waals surface area (Å²) in [5.41, 5.74) is 0. The van der Waals surface area contributed by atoms with Gasteiger partial charge in [0.1, 0.15) is 6.33 Å². The quantitative estimate of drug-likeness (QED) is 0.603. The number of nitrogens with one attached hydrogen (secondary N) is 1. The number of hydrogen-bond acceptors (Lipinski definition) is 5. The van der Waals surface area contributed by atoms with Crippen molar-refractivity contribution in [3.63, 3.8) is 0 Å². The first kappa shape index (κ1) is 14.1. The van der Waals surface area contributed by atoms with Crippen molar-refractivity contribution in [3.05, 3.63) is 12.2 Å². The monoisotopic (exact) mass is 242 g/mol. The fourth-order valence-corrected chi connectivity index (χ4v) is 1.30. The first-order valence-corrected chi connectivity index (χ1v) is 6.02. The molecule has 17 heavy (non-hydrogen) atoms. The summed E-state index contributed by atoms with van der Waals surface area (Å²) < 4.78 is 12.1. The first-order chi connectivity index (χ1) is 8.36. The fraction of sp³-hybridized carbons (Fsp3) is 0.818. The minimum absolute atomic E-state index is 0.673. The van der Waals surface area contributed by atoms with Gasteiger partial charge in [0.25, 0.3) is 0 Å². The molecule has 0 aliphatic rings. The van der Waals surface area contributed by atoms with E-state index in [-0.39, 0.29) is 0 Å². The molecule has 0 aliphatic carbocycles. The third-order valence-corrected chi connectivity index (χ3v) is 2.16. The van der Waals surface area contributed by atoms with Crippen LogP contribution in [-0.2, 0) is 22.6 Å². The van der Waals surface area contributed by atoms with Gasteiger partial charge >= 0.3 is 0 Å². The second kappa shape index (κ2) is 9.09. The summed E-state index contributed by atoms with van der Waals surface area (Å²) in [6.07, 6.45) is 2.79. The molecule has 0 saturated carbocycles. The highest BCUT2D eigenvalue weighted by molar-refractivity contribution is 4.80. The predicted octanol–water partition coefficient (Wildman–Crippen LogP) is 0.441. The summed E-state index contributed by atoms with van der Waals surface area (Å²) >= 11 is 0. The van der Waals surface area contributed by atoms with Gasteiger partial charge in [-0.3, -0.25) is 4.68 Å². The van der Waals surface area contributed by atoms with Gasteiger partial charge in [0, 0.05) is 20.3 Å². The summed E-state index contributed by atoms with van der Waals surface area (Å²) in [5, 5.41) is 7.53. The number of methoxy groups -OCH3 is 1. The molecule has 1 aromatic rings. The maximum atomic E-state index is 5.39. The summed E-state index contributed by atoms with van der Waals surface area (Å²) in [5.74, 6) is 0.802. The van der Waals surface area contributed by atoms with Crippen LogP contribution in [0.5, 0.6) is 0 Å². The van der Waals surface area contributed by atoms with Crippen molar-refractivity contribution >= 4 is 0 Å². The SMILES string of the molecule is CCCOCCn1cnc(CNCCOC)n1. The van der Waals surface area contributed by atoms with E-state index >= 15 is 0 Å². The van der Waals surface area contributed by atoms with Gasteiger partial charge in [0.05, 0.1) is 26.3 Å². The van der Waals surface area contributed by atoms with Gasteiger partial charge in [-0.2, -0.15) is 5.10 Å². The summed E-state index contributed by atoms with van der Waals surface area (Å²) in [6.45, 7) is 6.53. The lowest BCUT2D eigenvalue weighted by Crippen LogP contribution is -2.19. The van der Waals surface area contributed by atoms with Crippen LogP contribution < -0.4 is 5.32 Å². The van der Waals surface area contributed by atoms with E-state index in [0.717, 1.165) is 31.9 Å². The zero-order valence-electron chi connectivity index (χ0n) is 10.7. The Balaban J connectivity index is 2.14. The van der Waals surface area contributed by atoms with Crippen molar-refractivity contribution in [1.82, 2.24) is 20.1 Å². The normalized spacial score (nSPS) is 10.9. The van der Waals surface area contributed by atoms with Gasteiger partial charge in [-0.1, -0.05) is 6.92 Å². The minimum atomic E-state index is 0.673. The molecule has 1 aromatic heterocycles. The first-order valence-electron chi connectivity index (χ1n) is 6.02. The minimum Gasteiger partial charge on any atom is -0.383 e. The number of ether oxygens (including phenoxy) is 2. The molecule has 6 heteroatoms. The molecule has 1 rings (SSSR count). The Labute approximate surface area is 102 Å². The molecule has 0 amide bonds. The molecule has 1 heterocycles. The zero-order chi connectivity index (χ0) is 12.3. The summed E-state index contributed by atoms with van der Waals surface area (Å²) in [7, 11) is 1.69. The van der Waals surface area contributed by atoms with Crippen LogP contribution >= 0.6 is 0 Å². The van der Waals surface area contributed by atoms with Gasteiger partial charge in [-0.25, -0.2) is 4.98 Å². The lowest BCUT2D eigenvalue weighted by molar-refractivity contribution is 0.124. The Morgan fingerprint density at radius 1 is 1.35 bits per heavy atom. The number of hydrogen-bond donors (Lipinski definition) is 1. The van der Waals surface area contributed by atoms with Crippen molar-refractivity contribution in [2.24, 2.45) is 0 Å². The second-order valence-electron chi connectivity index (χ2n) is 3.71. The fourth-order valence-electron chi connectivity index (χ4n) is 1.30. The summed E-state index contributed by atoms with van der Waals surface area (Å²) in [6, 6.07) is 0. The molecule has 6 nitrogen and oxygen atoms in total. The third-order valence-electron chi connectivity index (χ3n) is 2.16. The van der Waals surface area contributed by atoms with Crippen LogP contribution in [0.2, 0.25) is 0 Å². The van der Waals surface area contributed by atoms with E-state index in [1.54, 1.807) is 13.4 Å². The topological polar surface area (TPSA) is 61.2 Å². The third kappa shape index (κ3) is 6.35. The van der Waals surface area contributed by atoms with Crippen LogP contribution in [0.4, 0.5) is 0 Å². The Morgan fingerprint density at radius 3 is 3.00 bits per heavy atom. The molecule has 1 N–H and O–H groups in total. The van der Waals surface area contributed by atoms with Crippen molar-refractivity contribution in [2.75, 3.05) is 33.5 Å². The standard InChI is InChI=1S/C11H22N4O2/c1-3-6-17-8-5-15-10-13-11(14-15)9-12-4-7-16-2/h10,12H,3-9H2,1-2H3. The molecule has 0 aliphatic heterocycles. The molecule has 0 bridgehead atoms. The summed E-state index contributed by atoms with van der Waals surface area (Å²) in [4.78, 5) is 4.21. The van der Waals surface area contributed by atoms with Gasteiger partial charge in [-0.15, -0.1) is 0 Å². The van der Waals surface area contributed by atoms with Crippen LogP contribution in [0, 0.1) is 0 Å². The van der Waals surface area contributed by atoms with E-state index in [0.29, 0.717) is 19.8 Å². The van der Waals surface area contributed by atoms with E-state index in [1.807, 2.05) is 4.68 Å². The number of rotatable bonds is 10. The van der Waals surface area contributed by atoms with E-state index in [9.17, 15) is 0 Å². The molecule has 0 saturated heterocycles. The van der Waals surface area contributed by atoms with Crippen molar-refractivity contribution in [3.8, 4) is 0 Å². The predicted molar refractivity (Wildman–Crippen MR) is 64.7 cm³/mol. The van der Waals surface area contributed by atoms with Crippen molar-refractivity contribution in [1.29, 1.82) is 0 Å². The Bertz CT molecular complexity index is 264. The second-order valence-corrected chi connectivity index (χ2v) is 3.71. The van der Waals surface area contributed by atoms with Crippen molar-refractivity contribution in [2.45, 2.75) is 26.4 Å². The number of aromatic nitrogens is 3. The lowest BCUT2D eigenvalue weighted by Gasteiger charge is -2.02. The van der Waals surface area contributed by atoms with Crippen LogP contribution in [0.25, 0.3) is 0 Å². The van der Waals surface area contributed by atoms with Gasteiger partial charge in [0.2, 0.25) is 0 Å². The largest absolute Gasteiger partial charge is 0.383 e. The molecular weight excluding hydrogens is 220 g/mol. The Morgan fingerprint density at radius 2 is 2.24 bits per heavy atom. The smallest absolute Gasteiger partial charge is 0.164 e. The molecule has 0 unspecified atom stereocenters. The van der Waals surface area contributed by atoms with E-state index in [2.05, 4.69) is 22.3 Å². The average molecular weight is 242 g/mol. The maximum absolute atomic E-state index is 5.39. The van der Waals surface area contributed by atoms with Gasteiger partial charge in [-0.05, 0) is 6.42 Å². The van der Waals surface area contributed by atoms with E-state index < -0.39 is 0 Å².